The van der Waals surface area contributed by atoms with Gasteiger partial charge in [0, 0.05) is 13.0 Å². The summed E-state index contributed by atoms with van der Waals surface area (Å²) < 4.78 is 1.03. The van der Waals surface area contributed by atoms with E-state index in [1.54, 1.807) is 54.6 Å². The Morgan fingerprint density at radius 1 is 1.04 bits per heavy atom. The molecular formula is C20H18N3O5-. The van der Waals surface area contributed by atoms with Crippen molar-refractivity contribution in [2.45, 2.75) is 25.4 Å². The van der Waals surface area contributed by atoms with Crippen LogP contribution in [0.1, 0.15) is 24.4 Å². The van der Waals surface area contributed by atoms with Gasteiger partial charge >= 0.3 is 5.69 Å². The highest BCUT2D eigenvalue weighted by Gasteiger charge is 2.15. The number of carboxylic acids is 1. The number of nitrogens with zero attached hydrogens (tertiary/aromatic N) is 1. The molecule has 0 aliphatic heterocycles. The van der Waals surface area contributed by atoms with Crippen LogP contribution >= 0.6 is 0 Å². The first-order valence-electron chi connectivity index (χ1n) is 8.74. The Bertz CT molecular complexity index is 1120. The number of carbonyl (C=O) groups is 2. The van der Waals surface area contributed by atoms with Gasteiger partial charge in [-0.25, -0.2) is 4.79 Å². The van der Waals surface area contributed by atoms with Crippen molar-refractivity contribution in [3.63, 3.8) is 0 Å². The average Bonchev–Trinajstić information content (AvgIpc) is 2.69. The van der Waals surface area contributed by atoms with Gasteiger partial charge in [-0.1, -0.05) is 42.5 Å². The molecule has 0 aliphatic rings. The second-order valence-electron chi connectivity index (χ2n) is 6.27. The van der Waals surface area contributed by atoms with E-state index in [1.807, 2.05) is 0 Å². The molecule has 2 aromatic carbocycles. The smallest absolute Gasteiger partial charge is 0.328 e. The lowest BCUT2D eigenvalue weighted by molar-refractivity contribution is -0.308. The number of aromatic nitrogens is 2. The van der Waals surface area contributed by atoms with Gasteiger partial charge in [-0.15, -0.1) is 0 Å². The third kappa shape index (κ3) is 4.17. The lowest BCUT2D eigenvalue weighted by Gasteiger charge is -2.20. The molecule has 28 heavy (non-hydrogen) atoms. The number of amides is 1. The molecule has 3 rings (SSSR count). The van der Waals surface area contributed by atoms with Crippen molar-refractivity contribution in [1.29, 1.82) is 0 Å². The molecule has 2 N–H and O–H groups in total. The summed E-state index contributed by atoms with van der Waals surface area (Å²) in [4.78, 5) is 50.6. The second-order valence-corrected chi connectivity index (χ2v) is 6.27. The molecule has 0 radical (unpaired) electrons. The second kappa shape index (κ2) is 8.34. The summed E-state index contributed by atoms with van der Waals surface area (Å²) in [6.07, 6.45) is 0.150. The number of hydrogen-bond acceptors (Lipinski definition) is 5. The van der Waals surface area contributed by atoms with Crippen LogP contribution in [0.15, 0.2) is 64.2 Å². The first-order chi connectivity index (χ1) is 13.5. The zero-order valence-electron chi connectivity index (χ0n) is 14.9. The van der Waals surface area contributed by atoms with Crippen molar-refractivity contribution >= 4 is 22.8 Å². The first kappa shape index (κ1) is 19.1. The van der Waals surface area contributed by atoms with Crippen LogP contribution in [-0.4, -0.2) is 21.4 Å². The lowest BCUT2D eigenvalue weighted by atomic mass is 10.1. The van der Waals surface area contributed by atoms with Gasteiger partial charge in [0.1, 0.15) is 0 Å². The normalized spacial score (nSPS) is 11.9. The number of aliphatic carboxylic acids is 1. The molecule has 1 heterocycles. The van der Waals surface area contributed by atoms with Gasteiger partial charge in [-0.2, -0.15) is 0 Å². The number of fused-ring (bicyclic) bond motifs is 1. The zero-order chi connectivity index (χ0) is 20.1. The van der Waals surface area contributed by atoms with E-state index in [-0.39, 0.29) is 19.4 Å². The van der Waals surface area contributed by atoms with E-state index in [1.165, 1.54) is 0 Å². The summed E-state index contributed by atoms with van der Waals surface area (Å²) in [5, 5.41) is 14.1. The van der Waals surface area contributed by atoms with Crippen LogP contribution in [0, 0.1) is 0 Å². The van der Waals surface area contributed by atoms with Crippen LogP contribution in [0.3, 0.4) is 0 Å². The zero-order valence-corrected chi connectivity index (χ0v) is 14.9. The van der Waals surface area contributed by atoms with E-state index in [0.29, 0.717) is 16.5 Å². The van der Waals surface area contributed by atoms with Crippen LogP contribution in [-0.2, 0) is 16.1 Å². The number of H-pyrrole nitrogens is 1. The highest BCUT2D eigenvalue weighted by molar-refractivity contribution is 5.83. The fourth-order valence-corrected chi connectivity index (χ4v) is 2.96. The fraction of sp³-hybridized carbons (Fsp3) is 0.200. The third-order valence-electron chi connectivity index (χ3n) is 4.35. The molecule has 0 spiro atoms. The van der Waals surface area contributed by atoms with Gasteiger partial charge in [0.05, 0.1) is 22.9 Å². The number of benzene rings is 2. The van der Waals surface area contributed by atoms with Crippen LogP contribution < -0.4 is 21.7 Å². The number of rotatable bonds is 7. The van der Waals surface area contributed by atoms with E-state index in [4.69, 9.17) is 0 Å². The molecule has 1 aromatic heterocycles. The van der Waals surface area contributed by atoms with E-state index >= 15 is 0 Å². The molecule has 0 unspecified atom stereocenters. The Kier molecular flexibility index (Phi) is 5.69. The maximum absolute atomic E-state index is 12.4. The molecule has 8 heteroatoms. The summed E-state index contributed by atoms with van der Waals surface area (Å²) in [6.45, 7) is 0.0355. The van der Waals surface area contributed by atoms with Crippen LogP contribution in [0.5, 0.6) is 0 Å². The molecule has 144 valence electrons. The minimum atomic E-state index is -1.42. The van der Waals surface area contributed by atoms with Crippen molar-refractivity contribution in [1.82, 2.24) is 14.9 Å². The summed E-state index contributed by atoms with van der Waals surface area (Å²) in [5.74, 6) is -1.93. The third-order valence-corrected chi connectivity index (χ3v) is 4.35. The number of hydrogen-bond donors (Lipinski definition) is 2. The van der Waals surface area contributed by atoms with Crippen LogP contribution in [0.4, 0.5) is 0 Å². The van der Waals surface area contributed by atoms with Crippen molar-refractivity contribution in [2.75, 3.05) is 0 Å². The molecule has 1 amide bonds. The summed E-state index contributed by atoms with van der Waals surface area (Å²) in [5.41, 5.74) is -0.137. The van der Waals surface area contributed by atoms with Gasteiger partial charge in [0.25, 0.3) is 5.56 Å². The summed E-state index contributed by atoms with van der Waals surface area (Å²) in [6, 6.07) is 13.6. The molecule has 0 saturated heterocycles. The maximum Gasteiger partial charge on any atom is 0.328 e. The highest BCUT2D eigenvalue weighted by Crippen LogP contribution is 2.12. The summed E-state index contributed by atoms with van der Waals surface area (Å²) in [7, 11) is 0. The first-order valence-corrected chi connectivity index (χ1v) is 8.74. The average molecular weight is 380 g/mol. The van der Waals surface area contributed by atoms with Gasteiger partial charge in [0.2, 0.25) is 5.91 Å². The highest BCUT2D eigenvalue weighted by atomic mass is 16.4. The van der Waals surface area contributed by atoms with E-state index in [0.717, 1.165) is 4.57 Å². The Morgan fingerprint density at radius 3 is 2.43 bits per heavy atom. The quantitative estimate of drug-likeness (QED) is 0.601. The molecule has 1 atom stereocenters. The molecule has 0 aliphatic carbocycles. The van der Waals surface area contributed by atoms with Crippen molar-refractivity contribution in [2.24, 2.45) is 0 Å². The number of nitrogens with one attached hydrogen (secondary N) is 2. The SMILES string of the molecule is O=C(CCCn1c(=O)[nH]c2ccccc2c1=O)N[C@H](C(=O)[O-])c1ccccc1. The van der Waals surface area contributed by atoms with Gasteiger partial charge in [-0.05, 0) is 24.1 Å². The largest absolute Gasteiger partial charge is 0.548 e. The molecule has 0 bridgehead atoms. The lowest BCUT2D eigenvalue weighted by Crippen LogP contribution is -2.41. The molecule has 0 fully saturated rings. The maximum atomic E-state index is 12.4. The minimum absolute atomic E-state index is 0.0355. The molecule has 8 nitrogen and oxygen atoms in total. The van der Waals surface area contributed by atoms with Crippen molar-refractivity contribution < 1.29 is 14.7 Å². The Morgan fingerprint density at radius 2 is 1.71 bits per heavy atom. The number of aromatic amines is 1. The number of carboxylic acid groups (broad SMARTS) is 1. The Labute approximate surface area is 159 Å². The van der Waals surface area contributed by atoms with E-state index in [2.05, 4.69) is 10.3 Å². The van der Waals surface area contributed by atoms with Crippen LogP contribution in [0.2, 0.25) is 0 Å². The van der Waals surface area contributed by atoms with E-state index in [9.17, 15) is 24.3 Å². The van der Waals surface area contributed by atoms with Crippen molar-refractivity contribution in [3.05, 3.63) is 81.0 Å². The predicted molar refractivity (Wildman–Crippen MR) is 100 cm³/mol. The minimum Gasteiger partial charge on any atom is -0.548 e. The van der Waals surface area contributed by atoms with Gasteiger partial charge in [0.15, 0.2) is 0 Å². The van der Waals surface area contributed by atoms with Crippen molar-refractivity contribution in [3.8, 4) is 0 Å². The molecular weight excluding hydrogens is 362 g/mol. The van der Waals surface area contributed by atoms with E-state index < -0.39 is 29.2 Å². The summed E-state index contributed by atoms with van der Waals surface area (Å²) >= 11 is 0. The molecule has 0 saturated carbocycles. The van der Waals surface area contributed by atoms with Gasteiger partial charge in [-0.3, -0.25) is 14.2 Å². The monoisotopic (exact) mass is 380 g/mol. The molecule has 3 aromatic rings. The predicted octanol–water partition coefficient (Wildman–Crippen LogP) is 0.0774. The number of para-hydroxylation sites is 1. The van der Waals surface area contributed by atoms with Gasteiger partial charge < -0.3 is 20.2 Å². The Balaban J connectivity index is 1.66. The fourth-order valence-electron chi connectivity index (χ4n) is 2.96. The number of carbonyl (C=O) groups excluding carboxylic acids is 2. The van der Waals surface area contributed by atoms with Crippen LogP contribution in [0.25, 0.3) is 10.9 Å². The Hall–Kier alpha value is -3.68. The standard InChI is InChI=1S/C20H19N3O5/c24-16(22-17(19(26)27)13-7-2-1-3-8-13)11-6-12-23-18(25)14-9-4-5-10-15(14)21-20(23)28/h1-5,7-10,17H,6,11-12H2,(H,21,28)(H,22,24)(H,26,27)/p-1/t17-/m0/s1. The topological polar surface area (TPSA) is 124 Å².